The first-order valence-corrected chi connectivity index (χ1v) is 34.2. The van der Waals surface area contributed by atoms with E-state index in [9.17, 15) is 9.59 Å². The van der Waals surface area contributed by atoms with Gasteiger partial charge < -0.3 is 19.3 Å². The summed E-state index contributed by atoms with van der Waals surface area (Å²) in [4.78, 5) is 62.6. The van der Waals surface area contributed by atoms with E-state index in [1.807, 2.05) is 58.3 Å². The molecule has 2 amide bonds. The molecule has 4 heterocycles. The number of hydrogen-bond donors (Lipinski definition) is 0. The predicted octanol–water partition coefficient (Wildman–Crippen LogP) is 21.0. The van der Waals surface area contributed by atoms with Crippen molar-refractivity contribution in [1.82, 2.24) is 0 Å². The van der Waals surface area contributed by atoms with Crippen molar-refractivity contribution in [2.45, 2.75) is 285 Å². The molecule has 0 fully saturated rings. The quantitative estimate of drug-likeness (QED) is 0.0242. The van der Waals surface area contributed by atoms with E-state index < -0.39 is 11.9 Å². The number of rotatable bonds is 44. The molecule has 4 aliphatic rings. The summed E-state index contributed by atoms with van der Waals surface area (Å²) in [5.74, 6) is -0.360. The third-order valence-electron chi connectivity index (χ3n) is 18.5. The largest absolute Gasteiger partial charge is 0.422 e. The van der Waals surface area contributed by atoms with Crippen molar-refractivity contribution in [2.75, 3.05) is 22.9 Å². The molecule has 7 rings (SSSR count). The summed E-state index contributed by atoms with van der Waals surface area (Å²) in [6.07, 6.45) is 50.5. The van der Waals surface area contributed by atoms with E-state index in [1.165, 1.54) is 205 Å². The molecule has 2 unspecified atom stereocenters. The summed E-state index contributed by atoms with van der Waals surface area (Å²) < 4.78 is 12.2. The van der Waals surface area contributed by atoms with E-state index in [1.54, 1.807) is 12.1 Å². The molecule has 0 N–H and O–H groups in total. The molecule has 0 saturated heterocycles. The molecule has 0 spiro atoms. The number of hydrogen-bond acceptors (Lipinski definition) is 6. The van der Waals surface area contributed by atoms with Crippen LogP contribution in [-0.4, -0.2) is 36.8 Å². The Balaban J connectivity index is 1.08. The lowest BCUT2D eigenvalue weighted by molar-refractivity contribution is -0.127. The van der Waals surface area contributed by atoms with Crippen LogP contribution in [0.15, 0.2) is 60.7 Å². The smallest absolute Gasteiger partial charge is 0.345 e. The number of nitrogens with zero attached hydrogens (tertiary/aromatic N) is 2. The van der Waals surface area contributed by atoms with E-state index >= 15 is 9.59 Å². The number of carbonyl (C=O) groups is 4. The number of carbonyl (C=O) groups excluding carboxylic acids is 4. The maximum Gasteiger partial charge on any atom is 0.345 e. The highest BCUT2D eigenvalue weighted by Crippen LogP contribution is 2.52. The first kappa shape index (κ1) is 64.6. The van der Waals surface area contributed by atoms with Gasteiger partial charge in [-0.2, -0.15) is 0 Å². The highest BCUT2D eigenvalue weighted by Gasteiger charge is 2.45. The van der Waals surface area contributed by atoms with E-state index in [0.717, 1.165) is 73.9 Å². The van der Waals surface area contributed by atoms with Crippen molar-refractivity contribution in [2.24, 2.45) is 11.8 Å². The van der Waals surface area contributed by atoms with Crippen LogP contribution in [0.5, 0.6) is 11.5 Å². The molecular weight excluding hydrogens is 1010 g/mol. The summed E-state index contributed by atoms with van der Waals surface area (Å²) in [5, 5.41) is 0. The molecule has 8 heteroatoms. The van der Waals surface area contributed by atoms with Gasteiger partial charge in [-0.05, 0) is 61.8 Å². The van der Waals surface area contributed by atoms with Gasteiger partial charge in [0.15, 0.2) is 0 Å². The fourth-order valence-electron chi connectivity index (χ4n) is 13.7. The summed E-state index contributed by atoms with van der Waals surface area (Å²) in [5.41, 5.74) is 5.02. The van der Waals surface area contributed by atoms with Crippen LogP contribution < -0.4 is 19.3 Å². The lowest BCUT2D eigenvalue weighted by Gasteiger charge is -2.25. The first-order chi connectivity index (χ1) is 40.3. The van der Waals surface area contributed by atoms with Crippen LogP contribution in [0.4, 0.5) is 11.4 Å². The second-order valence-electron chi connectivity index (χ2n) is 25.2. The van der Waals surface area contributed by atoms with Gasteiger partial charge in [-0.15, -0.1) is 0 Å². The van der Waals surface area contributed by atoms with Crippen molar-refractivity contribution in [1.29, 1.82) is 0 Å². The van der Waals surface area contributed by atoms with Crippen LogP contribution in [0.2, 0.25) is 0 Å². The maximum absolute atomic E-state index is 15.1. The Morgan fingerprint density at radius 1 is 0.317 bits per heavy atom. The van der Waals surface area contributed by atoms with E-state index in [-0.39, 0.29) is 34.5 Å². The summed E-state index contributed by atoms with van der Waals surface area (Å²) >= 11 is 0. The Morgan fingerprint density at radius 3 is 0.854 bits per heavy atom. The second kappa shape index (κ2) is 36.0. The molecule has 0 bridgehead atoms. The zero-order chi connectivity index (χ0) is 57.7. The molecule has 8 nitrogen and oxygen atoms in total. The molecule has 0 saturated carbocycles. The van der Waals surface area contributed by atoms with Crippen molar-refractivity contribution in [3.63, 3.8) is 0 Å². The summed E-state index contributed by atoms with van der Waals surface area (Å²) in [6, 6.07) is 19.1. The molecular formula is C74H108N2O6. The third kappa shape index (κ3) is 18.5. The number of ether oxygens (including phenoxy) is 2. The predicted molar refractivity (Wildman–Crippen MR) is 343 cm³/mol. The molecule has 3 aromatic rings. The minimum absolute atomic E-state index is 0.188. The van der Waals surface area contributed by atoms with Crippen LogP contribution in [-0.2, 0) is 19.2 Å². The Morgan fingerprint density at radius 2 is 0.573 bits per heavy atom. The van der Waals surface area contributed by atoms with Crippen LogP contribution in [0.1, 0.15) is 307 Å². The Kier molecular flexibility index (Phi) is 28.3. The van der Waals surface area contributed by atoms with Crippen LogP contribution >= 0.6 is 0 Å². The number of amides is 2. The molecule has 3 aromatic carbocycles. The standard InChI is InChI=1S/C74H108N2O6/c1-5-9-13-17-21-25-27-31-35-39-47-57(45-37-33-29-23-19-15-11-7-3)55-75-63-51-43-41-49-59(63)67(71(75)77)69-61-53-66-62(54-65(61)81-73(69)79)70(74(80)82-66)68-60-50-42-44-52-64(60)76(72(68)78)56-58(46-38-34-30-24-20-16-12-8-4)48-40-36-32-28-26-22-18-14-10-6-2/h41-44,49-54,57-58H,5-40,45-48,55-56H2,1-4H3/b69-67-,70-68+. The van der Waals surface area contributed by atoms with E-state index in [0.29, 0.717) is 47.2 Å². The van der Waals surface area contributed by atoms with E-state index in [4.69, 9.17) is 9.47 Å². The van der Waals surface area contributed by atoms with Crippen LogP contribution in [0.3, 0.4) is 0 Å². The normalized spacial score (nSPS) is 17.0. The molecule has 4 aliphatic heterocycles. The second-order valence-corrected chi connectivity index (χ2v) is 25.2. The van der Waals surface area contributed by atoms with Gasteiger partial charge >= 0.3 is 11.9 Å². The molecule has 0 radical (unpaired) electrons. The van der Waals surface area contributed by atoms with Gasteiger partial charge in [0.05, 0.1) is 33.7 Å². The number of para-hydroxylation sites is 2. The van der Waals surface area contributed by atoms with Gasteiger partial charge in [-0.1, -0.05) is 295 Å². The number of esters is 2. The van der Waals surface area contributed by atoms with Crippen molar-refractivity contribution in [3.05, 3.63) is 82.9 Å². The Hall–Kier alpha value is -4.98. The summed E-state index contributed by atoms with van der Waals surface area (Å²) in [6.45, 7) is 10.3. The van der Waals surface area contributed by atoms with Crippen LogP contribution in [0, 0.1) is 11.8 Å². The van der Waals surface area contributed by atoms with Crippen molar-refractivity contribution >= 4 is 57.4 Å². The number of fused-ring (bicyclic) bond motifs is 4. The number of unbranched alkanes of at least 4 members (excludes halogenated alkanes) is 32. The molecule has 82 heavy (non-hydrogen) atoms. The average molecular weight is 1120 g/mol. The Bertz CT molecular complexity index is 2360. The highest BCUT2D eigenvalue weighted by molar-refractivity contribution is 6.48. The zero-order valence-electron chi connectivity index (χ0n) is 52.0. The highest BCUT2D eigenvalue weighted by atomic mass is 16.5. The Labute approximate surface area is 497 Å². The van der Waals surface area contributed by atoms with Crippen LogP contribution in [0.25, 0.3) is 22.3 Å². The first-order valence-electron chi connectivity index (χ1n) is 34.2. The lowest BCUT2D eigenvalue weighted by Crippen LogP contribution is -2.32. The van der Waals surface area contributed by atoms with Gasteiger partial charge in [0.2, 0.25) is 0 Å². The minimum Gasteiger partial charge on any atom is -0.422 e. The number of benzene rings is 3. The van der Waals surface area contributed by atoms with Gasteiger partial charge in [0.1, 0.15) is 11.5 Å². The lowest BCUT2D eigenvalue weighted by atomic mass is 9.92. The zero-order valence-corrected chi connectivity index (χ0v) is 52.0. The maximum atomic E-state index is 15.1. The van der Waals surface area contributed by atoms with Gasteiger partial charge in [0, 0.05) is 35.3 Å². The molecule has 0 aromatic heterocycles. The SMILES string of the molecule is CCCCCCCCCCCCC(CCCCCCCCCC)CN1C(=O)/C(=C2\C(=O)Oc3cc4c(cc32)OC(=O)/C4=C2/C(=O)N(CC(CCCCCCCCCC)CCCCCCCCCCCC)c3ccccc32)c2ccccc21. The van der Waals surface area contributed by atoms with Gasteiger partial charge in [-0.25, -0.2) is 9.59 Å². The molecule has 0 aliphatic carbocycles. The van der Waals surface area contributed by atoms with Crippen molar-refractivity contribution < 1.29 is 28.7 Å². The van der Waals surface area contributed by atoms with Gasteiger partial charge in [-0.3, -0.25) is 9.59 Å². The molecule has 450 valence electrons. The number of anilines is 2. The fourth-order valence-corrected chi connectivity index (χ4v) is 13.7. The third-order valence-corrected chi connectivity index (χ3v) is 18.5. The molecule has 2 atom stereocenters. The van der Waals surface area contributed by atoms with Gasteiger partial charge in [0.25, 0.3) is 11.8 Å². The minimum atomic E-state index is -0.599. The fraction of sp³-hybridized carbons (Fsp3) is 0.649. The topological polar surface area (TPSA) is 93.2 Å². The average Bonchev–Trinajstić information content (AvgIpc) is 4.35. The van der Waals surface area contributed by atoms with E-state index in [2.05, 4.69) is 27.7 Å². The summed E-state index contributed by atoms with van der Waals surface area (Å²) in [7, 11) is 0. The van der Waals surface area contributed by atoms with Crippen molar-refractivity contribution in [3.8, 4) is 11.5 Å². The monoisotopic (exact) mass is 1120 g/mol.